The summed E-state index contributed by atoms with van der Waals surface area (Å²) in [6.07, 6.45) is 5.23. The first-order valence-corrected chi connectivity index (χ1v) is 10.5. The number of amides is 4. The molecule has 3 aliphatic rings. The fourth-order valence-electron chi connectivity index (χ4n) is 4.89. The second kappa shape index (κ2) is 8.06. The third-order valence-electron chi connectivity index (χ3n) is 6.47. The number of fused-ring (bicyclic) bond motifs is 1. The molecule has 0 bridgehead atoms. The lowest BCUT2D eigenvalue weighted by Crippen LogP contribution is -2.58. The molecule has 9 nitrogen and oxygen atoms in total. The Balaban J connectivity index is 1.35. The van der Waals surface area contributed by atoms with Gasteiger partial charge in [-0.1, -0.05) is 0 Å². The SMILES string of the molecule is CN1CCN(CCNC(=O)[C@]23CCCCN2C[C@@H](NC(=O)c2ccc[nH]2)C3)C1=O. The average Bonchev–Trinajstić information content (AvgIpc) is 3.43. The van der Waals surface area contributed by atoms with Crippen molar-refractivity contribution in [3.8, 4) is 0 Å². The van der Waals surface area contributed by atoms with E-state index < -0.39 is 5.54 Å². The van der Waals surface area contributed by atoms with E-state index >= 15 is 0 Å². The van der Waals surface area contributed by atoms with E-state index in [1.807, 2.05) is 0 Å². The zero-order valence-electron chi connectivity index (χ0n) is 16.9. The van der Waals surface area contributed by atoms with Crippen molar-refractivity contribution in [2.45, 2.75) is 37.3 Å². The largest absolute Gasteiger partial charge is 0.357 e. The number of nitrogens with one attached hydrogen (secondary N) is 3. The third kappa shape index (κ3) is 3.83. The van der Waals surface area contributed by atoms with Crippen LogP contribution in [0, 0.1) is 0 Å². The number of hydrogen-bond donors (Lipinski definition) is 3. The maximum absolute atomic E-state index is 13.2. The van der Waals surface area contributed by atoms with Gasteiger partial charge in [0, 0.05) is 52.0 Å². The lowest BCUT2D eigenvalue weighted by Gasteiger charge is -2.40. The molecule has 1 aromatic rings. The smallest absolute Gasteiger partial charge is 0.319 e. The number of aromatic nitrogens is 1. The molecular formula is C20H30N6O3. The van der Waals surface area contributed by atoms with E-state index in [0.29, 0.717) is 38.3 Å². The van der Waals surface area contributed by atoms with Gasteiger partial charge in [0.15, 0.2) is 0 Å². The number of nitrogens with zero attached hydrogens (tertiary/aromatic N) is 3. The molecule has 3 fully saturated rings. The van der Waals surface area contributed by atoms with Crippen molar-refractivity contribution in [1.82, 2.24) is 30.3 Å². The van der Waals surface area contributed by atoms with Gasteiger partial charge in [0.1, 0.15) is 11.2 Å². The molecule has 4 heterocycles. The Morgan fingerprint density at radius 3 is 2.86 bits per heavy atom. The van der Waals surface area contributed by atoms with Gasteiger partial charge in [-0.25, -0.2) is 4.79 Å². The third-order valence-corrected chi connectivity index (χ3v) is 6.47. The van der Waals surface area contributed by atoms with Gasteiger partial charge in [0.25, 0.3) is 5.91 Å². The zero-order valence-corrected chi connectivity index (χ0v) is 16.9. The Hall–Kier alpha value is -2.55. The van der Waals surface area contributed by atoms with E-state index in [4.69, 9.17) is 0 Å². The fourth-order valence-corrected chi connectivity index (χ4v) is 4.89. The van der Waals surface area contributed by atoms with E-state index in [-0.39, 0.29) is 23.9 Å². The first-order valence-electron chi connectivity index (χ1n) is 10.5. The van der Waals surface area contributed by atoms with Crippen molar-refractivity contribution in [1.29, 1.82) is 0 Å². The van der Waals surface area contributed by atoms with E-state index in [1.165, 1.54) is 0 Å². The van der Waals surface area contributed by atoms with Crippen LogP contribution in [0.3, 0.4) is 0 Å². The summed E-state index contributed by atoms with van der Waals surface area (Å²) in [4.78, 5) is 46.2. The van der Waals surface area contributed by atoms with Gasteiger partial charge in [0.2, 0.25) is 5.91 Å². The number of H-pyrrole nitrogens is 1. The molecule has 0 aliphatic carbocycles. The zero-order chi connectivity index (χ0) is 20.4. The highest BCUT2D eigenvalue weighted by Gasteiger charge is 2.52. The first-order chi connectivity index (χ1) is 14.0. The van der Waals surface area contributed by atoms with Crippen LogP contribution in [0.5, 0.6) is 0 Å². The van der Waals surface area contributed by atoms with Crippen molar-refractivity contribution in [3.63, 3.8) is 0 Å². The highest BCUT2D eigenvalue weighted by molar-refractivity contribution is 5.93. The summed E-state index contributed by atoms with van der Waals surface area (Å²) in [5.41, 5.74) is -0.0220. The Morgan fingerprint density at radius 1 is 1.28 bits per heavy atom. The molecule has 158 valence electrons. The Labute approximate surface area is 170 Å². The number of rotatable bonds is 6. The fraction of sp³-hybridized carbons (Fsp3) is 0.650. The maximum Gasteiger partial charge on any atom is 0.319 e. The number of hydrogen-bond acceptors (Lipinski definition) is 4. The monoisotopic (exact) mass is 402 g/mol. The molecule has 4 rings (SSSR count). The Morgan fingerprint density at radius 2 is 2.14 bits per heavy atom. The molecule has 0 radical (unpaired) electrons. The van der Waals surface area contributed by atoms with Gasteiger partial charge in [-0.2, -0.15) is 0 Å². The van der Waals surface area contributed by atoms with Gasteiger partial charge in [-0.3, -0.25) is 14.5 Å². The minimum Gasteiger partial charge on any atom is -0.357 e. The van der Waals surface area contributed by atoms with Crippen LogP contribution < -0.4 is 10.6 Å². The topological polar surface area (TPSA) is 101 Å². The van der Waals surface area contributed by atoms with Crippen molar-refractivity contribution < 1.29 is 14.4 Å². The summed E-state index contributed by atoms with van der Waals surface area (Å²) in [5, 5.41) is 6.14. The van der Waals surface area contributed by atoms with Gasteiger partial charge in [-0.05, 0) is 44.4 Å². The lowest BCUT2D eigenvalue weighted by atomic mass is 9.84. The summed E-state index contributed by atoms with van der Waals surface area (Å²) in [6, 6.07) is 3.51. The second-order valence-corrected chi connectivity index (χ2v) is 8.34. The number of aromatic amines is 1. The molecule has 29 heavy (non-hydrogen) atoms. The summed E-state index contributed by atoms with van der Waals surface area (Å²) < 4.78 is 0. The predicted octanol–water partition coefficient (Wildman–Crippen LogP) is 0.225. The molecule has 4 amide bonds. The summed E-state index contributed by atoms with van der Waals surface area (Å²) in [7, 11) is 1.79. The molecule has 3 N–H and O–H groups in total. The van der Waals surface area contributed by atoms with Crippen LogP contribution in [0.4, 0.5) is 4.79 Å². The van der Waals surface area contributed by atoms with Gasteiger partial charge < -0.3 is 25.4 Å². The number of carbonyl (C=O) groups excluding carboxylic acids is 3. The molecule has 0 unspecified atom stereocenters. The number of likely N-dealkylation sites (N-methyl/N-ethyl adjacent to an activating group) is 1. The predicted molar refractivity (Wildman–Crippen MR) is 107 cm³/mol. The highest BCUT2D eigenvalue weighted by Crippen LogP contribution is 2.38. The van der Waals surface area contributed by atoms with Crippen molar-refractivity contribution in [2.75, 3.05) is 46.3 Å². The van der Waals surface area contributed by atoms with Crippen LogP contribution in [0.2, 0.25) is 0 Å². The maximum atomic E-state index is 13.2. The summed E-state index contributed by atoms with van der Waals surface area (Å²) >= 11 is 0. The van der Waals surface area contributed by atoms with Gasteiger partial charge in [-0.15, -0.1) is 0 Å². The molecule has 2 atom stereocenters. The van der Waals surface area contributed by atoms with Crippen molar-refractivity contribution in [3.05, 3.63) is 24.0 Å². The quantitative estimate of drug-likeness (QED) is 0.634. The Bertz CT molecular complexity index is 766. The number of carbonyl (C=O) groups is 3. The minimum absolute atomic E-state index is 0.0182. The van der Waals surface area contributed by atoms with E-state index in [1.54, 1.807) is 35.2 Å². The van der Waals surface area contributed by atoms with Crippen LogP contribution in [0.15, 0.2) is 18.3 Å². The van der Waals surface area contributed by atoms with Crippen molar-refractivity contribution >= 4 is 17.8 Å². The Kier molecular flexibility index (Phi) is 5.49. The van der Waals surface area contributed by atoms with Gasteiger partial charge >= 0.3 is 6.03 Å². The first kappa shape index (κ1) is 19.8. The molecule has 0 aromatic carbocycles. The number of urea groups is 1. The van der Waals surface area contributed by atoms with Crippen LogP contribution in [0.1, 0.15) is 36.2 Å². The number of piperidine rings is 1. The minimum atomic E-state index is -0.558. The highest BCUT2D eigenvalue weighted by atomic mass is 16.2. The molecule has 1 aromatic heterocycles. The van der Waals surface area contributed by atoms with E-state index in [0.717, 1.165) is 32.4 Å². The summed E-state index contributed by atoms with van der Waals surface area (Å²) in [5.74, 6) is -0.110. The second-order valence-electron chi connectivity index (χ2n) is 8.34. The molecular weight excluding hydrogens is 372 g/mol. The van der Waals surface area contributed by atoms with Crippen molar-refractivity contribution in [2.24, 2.45) is 0 Å². The molecule has 9 heteroatoms. The standard InChI is InChI=1S/C20H30N6O3/c1-24-11-12-25(19(24)29)10-8-22-18(28)20-6-2-3-9-26(20)14-15(13-20)23-17(27)16-5-4-7-21-16/h4-5,7,15,21H,2-3,6,8-14H2,1H3,(H,22,28)(H,23,27)/t15-,20+/m0/s1. The van der Waals surface area contributed by atoms with Crippen LogP contribution in [0.25, 0.3) is 0 Å². The van der Waals surface area contributed by atoms with Crippen LogP contribution in [-0.4, -0.2) is 95.4 Å². The van der Waals surface area contributed by atoms with E-state index in [9.17, 15) is 14.4 Å². The van der Waals surface area contributed by atoms with Gasteiger partial charge in [0.05, 0.1) is 0 Å². The summed E-state index contributed by atoms with van der Waals surface area (Å²) in [6.45, 7) is 3.97. The molecule has 3 aliphatic heterocycles. The molecule has 0 saturated carbocycles. The molecule has 0 spiro atoms. The lowest BCUT2D eigenvalue weighted by molar-refractivity contribution is -0.133. The van der Waals surface area contributed by atoms with E-state index in [2.05, 4.69) is 20.5 Å². The van der Waals surface area contributed by atoms with Crippen LogP contribution >= 0.6 is 0 Å². The molecule has 3 saturated heterocycles. The average molecular weight is 402 g/mol. The normalized spacial score (nSPS) is 27.2. The van der Waals surface area contributed by atoms with Crippen LogP contribution in [-0.2, 0) is 4.79 Å².